The van der Waals surface area contributed by atoms with Crippen molar-refractivity contribution in [3.8, 4) is 33.9 Å². The Bertz CT molecular complexity index is 2900. The molecular weight excluding hydrogens is 707 g/mol. The summed E-state index contributed by atoms with van der Waals surface area (Å²) in [6.45, 7) is 6.54. The number of pyridine rings is 2. The van der Waals surface area contributed by atoms with Crippen LogP contribution in [0.4, 0.5) is 17.1 Å². The molecule has 0 spiro atoms. The number of ether oxygens (including phenoxy) is 1. The van der Waals surface area contributed by atoms with Crippen molar-refractivity contribution in [2.24, 2.45) is 0 Å². The van der Waals surface area contributed by atoms with Crippen molar-refractivity contribution in [3.63, 3.8) is 0 Å². The molecule has 58 heavy (non-hydrogen) atoms. The second-order valence-electron chi connectivity index (χ2n) is 15.2. The molecule has 9 aromatic rings. The molecule has 4 nitrogen and oxygen atoms in total. The van der Waals surface area contributed by atoms with Gasteiger partial charge in [0.05, 0.1) is 28.2 Å². The summed E-state index contributed by atoms with van der Waals surface area (Å²) in [7, 11) is 0. The van der Waals surface area contributed by atoms with Crippen LogP contribution in [0, 0.1) is 20.8 Å². The topological polar surface area (TPSA) is 38.2 Å². The van der Waals surface area contributed by atoms with Crippen LogP contribution < -0.4 is 9.64 Å². The van der Waals surface area contributed by atoms with E-state index in [1.807, 2.05) is 18.5 Å². The van der Waals surface area contributed by atoms with Crippen LogP contribution in [0.2, 0.25) is 0 Å². The maximum absolute atomic E-state index is 7.04. The summed E-state index contributed by atoms with van der Waals surface area (Å²) in [6, 6.07) is 64.4. The molecule has 0 saturated carbocycles. The van der Waals surface area contributed by atoms with Gasteiger partial charge in [-0.2, -0.15) is 0 Å². The molecule has 0 saturated heterocycles. The lowest BCUT2D eigenvalue weighted by Gasteiger charge is -2.45. The second-order valence-corrected chi connectivity index (χ2v) is 15.2. The normalized spacial score (nSPS) is 12.8. The second kappa shape index (κ2) is 14.3. The van der Waals surface area contributed by atoms with Crippen LogP contribution in [0.3, 0.4) is 0 Å². The Hall–Kier alpha value is -7.30. The van der Waals surface area contributed by atoms with E-state index in [1.165, 1.54) is 22.3 Å². The van der Waals surface area contributed by atoms with Gasteiger partial charge in [-0.15, -0.1) is 0 Å². The molecule has 1 aliphatic rings. The standard InChI is InChI=1S/C54H41N3O/c1-36-30-37(2)52(38(3)31-36)40-32-41(53-46-21-8-7-16-39(46)27-29-56-53)34-45(33-40)58-44-20-15-17-42(35-44)54(51-26-13-14-28-55-51)47-22-9-11-24-49(47)57(43-18-5-4-6-19-43)50-25-12-10-23-48(50)54/h4-35H,1-3H3. The van der Waals surface area contributed by atoms with Crippen LogP contribution in [0.15, 0.2) is 194 Å². The maximum Gasteiger partial charge on any atom is 0.128 e. The fourth-order valence-electron chi connectivity index (χ4n) is 9.27. The summed E-state index contributed by atoms with van der Waals surface area (Å²) in [5, 5.41) is 2.25. The first-order valence-corrected chi connectivity index (χ1v) is 19.8. The van der Waals surface area contributed by atoms with E-state index in [0.29, 0.717) is 0 Å². The quantitative estimate of drug-likeness (QED) is 0.163. The highest BCUT2D eigenvalue weighted by molar-refractivity contribution is 5.96. The van der Waals surface area contributed by atoms with Gasteiger partial charge in [-0.1, -0.05) is 115 Å². The largest absolute Gasteiger partial charge is 0.457 e. The van der Waals surface area contributed by atoms with Gasteiger partial charge in [0.1, 0.15) is 11.5 Å². The Balaban J connectivity index is 1.17. The molecular formula is C54H41N3O. The first-order chi connectivity index (χ1) is 28.5. The average Bonchev–Trinajstić information content (AvgIpc) is 3.25. The summed E-state index contributed by atoms with van der Waals surface area (Å²) in [4.78, 5) is 12.4. The minimum absolute atomic E-state index is 0.736. The van der Waals surface area contributed by atoms with Gasteiger partial charge < -0.3 is 9.64 Å². The van der Waals surface area contributed by atoms with Crippen LogP contribution in [0.1, 0.15) is 39.1 Å². The molecule has 4 heteroatoms. The van der Waals surface area contributed by atoms with Gasteiger partial charge in [0.25, 0.3) is 0 Å². The fourth-order valence-corrected chi connectivity index (χ4v) is 9.27. The zero-order chi connectivity index (χ0) is 39.2. The van der Waals surface area contributed by atoms with Gasteiger partial charge in [0.2, 0.25) is 0 Å². The number of fused-ring (bicyclic) bond motifs is 3. The van der Waals surface area contributed by atoms with Crippen molar-refractivity contribution >= 4 is 27.8 Å². The van der Waals surface area contributed by atoms with E-state index in [4.69, 9.17) is 14.7 Å². The van der Waals surface area contributed by atoms with Crippen LogP contribution in [0.5, 0.6) is 11.5 Å². The first-order valence-electron chi connectivity index (χ1n) is 19.8. The number of hydrogen-bond donors (Lipinski definition) is 0. The summed E-state index contributed by atoms with van der Waals surface area (Å²) < 4.78 is 7.04. The predicted molar refractivity (Wildman–Crippen MR) is 238 cm³/mol. The zero-order valence-corrected chi connectivity index (χ0v) is 32.7. The van der Waals surface area contributed by atoms with Crippen molar-refractivity contribution in [1.29, 1.82) is 0 Å². The van der Waals surface area contributed by atoms with Crippen molar-refractivity contribution in [2.75, 3.05) is 4.90 Å². The summed E-state index contributed by atoms with van der Waals surface area (Å²) in [6.07, 6.45) is 3.79. The Labute approximate surface area is 339 Å². The van der Waals surface area contributed by atoms with Crippen LogP contribution >= 0.6 is 0 Å². The third kappa shape index (κ3) is 5.84. The van der Waals surface area contributed by atoms with Crippen LogP contribution in [0.25, 0.3) is 33.2 Å². The fraction of sp³-hybridized carbons (Fsp3) is 0.0741. The Morgan fingerprint density at radius 2 is 1.17 bits per heavy atom. The minimum Gasteiger partial charge on any atom is -0.457 e. The first kappa shape index (κ1) is 35.1. The van der Waals surface area contributed by atoms with Crippen LogP contribution in [-0.2, 0) is 5.41 Å². The molecule has 278 valence electrons. The highest BCUT2D eigenvalue weighted by Gasteiger charge is 2.47. The number of aryl methyl sites for hydroxylation is 3. The van der Waals surface area contributed by atoms with Gasteiger partial charge >= 0.3 is 0 Å². The highest BCUT2D eigenvalue weighted by atomic mass is 16.5. The third-order valence-corrected chi connectivity index (χ3v) is 11.5. The van der Waals surface area contributed by atoms with Crippen LogP contribution in [-0.4, -0.2) is 9.97 Å². The molecule has 0 bridgehead atoms. The van der Waals surface area contributed by atoms with Gasteiger partial charge in [0.15, 0.2) is 0 Å². The third-order valence-electron chi connectivity index (χ3n) is 11.5. The molecule has 10 rings (SSSR count). The number of rotatable bonds is 7. The molecule has 0 unspecified atom stereocenters. The highest BCUT2D eigenvalue weighted by Crippen LogP contribution is 2.57. The zero-order valence-electron chi connectivity index (χ0n) is 32.7. The van der Waals surface area contributed by atoms with Gasteiger partial charge in [-0.3, -0.25) is 9.97 Å². The Kier molecular flexibility index (Phi) is 8.68. The SMILES string of the molecule is Cc1cc(C)c(-c2cc(Oc3cccc(C4(c5ccccn5)c5ccccc5N(c5ccccc5)c5ccccc54)c3)cc(-c3nccc4ccccc34)c2)c(C)c1. The Morgan fingerprint density at radius 3 is 1.91 bits per heavy atom. The molecule has 0 atom stereocenters. The van der Waals surface area contributed by atoms with Crippen molar-refractivity contribution < 1.29 is 4.74 Å². The maximum atomic E-state index is 7.04. The van der Waals surface area contributed by atoms with Crippen molar-refractivity contribution in [1.82, 2.24) is 9.97 Å². The Morgan fingerprint density at radius 1 is 0.500 bits per heavy atom. The molecule has 0 fully saturated rings. The molecule has 7 aromatic carbocycles. The predicted octanol–water partition coefficient (Wildman–Crippen LogP) is 13.8. The molecule has 0 radical (unpaired) electrons. The summed E-state index contributed by atoms with van der Waals surface area (Å²) >= 11 is 0. The molecule has 1 aliphatic heterocycles. The molecule has 3 heterocycles. The summed E-state index contributed by atoms with van der Waals surface area (Å²) in [5.41, 5.74) is 14.8. The lowest BCUT2D eigenvalue weighted by Crippen LogP contribution is -2.38. The molecule has 0 N–H and O–H groups in total. The number of para-hydroxylation sites is 3. The van der Waals surface area contributed by atoms with Gasteiger partial charge in [0, 0.05) is 29.0 Å². The van der Waals surface area contributed by atoms with E-state index < -0.39 is 5.41 Å². The van der Waals surface area contributed by atoms with E-state index in [-0.39, 0.29) is 0 Å². The number of benzene rings is 7. The van der Waals surface area contributed by atoms with E-state index in [0.717, 1.165) is 78.5 Å². The molecule has 0 aliphatic carbocycles. The monoisotopic (exact) mass is 747 g/mol. The van der Waals surface area contributed by atoms with Gasteiger partial charge in [-0.05, 0) is 138 Å². The number of anilines is 3. The van der Waals surface area contributed by atoms with E-state index in [1.54, 1.807) is 0 Å². The number of aromatic nitrogens is 2. The van der Waals surface area contributed by atoms with E-state index in [9.17, 15) is 0 Å². The smallest absolute Gasteiger partial charge is 0.128 e. The number of nitrogens with zero attached hydrogens (tertiary/aromatic N) is 3. The molecule has 2 aromatic heterocycles. The van der Waals surface area contributed by atoms with E-state index in [2.05, 4.69) is 202 Å². The lowest BCUT2D eigenvalue weighted by molar-refractivity contribution is 0.481. The number of hydrogen-bond acceptors (Lipinski definition) is 4. The van der Waals surface area contributed by atoms with Crippen molar-refractivity contribution in [3.05, 3.63) is 233 Å². The van der Waals surface area contributed by atoms with E-state index >= 15 is 0 Å². The molecule has 0 amide bonds. The minimum atomic E-state index is -0.755. The van der Waals surface area contributed by atoms with Crippen molar-refractivity contribution in [2.45, 2.75) is 26.2 Å². The van der Waals surface area contributed by atoms with Gasteiger partial charge in [-0.25, -0.2) is 0 Å². The lowest BCUT2D eigenvalue weighted by atomic mass is 9.64. The average molecular weight is 748 g/mol. The summed E-state index contributed by atoms with van der Waals surface area (Å²) in [5.74, 6) is 1.48.